The molecule has 0 atom stereocenters. The Labute approximate surface area is 89.9 Å². The third-order valence-corrected chi connectivity index (χ3v) is 2.73. The Morgan fingerprint density at radius 3 is 2.50 bits per heavy atom. The van der Waals surface area contributed by atoms with E-state index in [9.17, 15) is 8.78 Å². The molecule has 1 aromatic rings. The van der Waals surface area contributed by atoms with Gasteiger partial charge in [-0.15, -0.1) is 0 Å². The van der Waals surface area contributed by atoms with Crippen LogP contribution in [0.3, 0.4) is 0 Å². The Balaban J connectivity index is 3.28. The van der Waals surface area contributed by atoms with E-state index >= 15 is 0 Å². The fourth-order valence-electron chi connectivity index (χ4n) is 1.30. The minimum absolute atomic E-state index is 0.253. The molecule has 0 saturated heterocycles. The van der Waals surface area contributed by atoms with Crippen molar-refractivity contribution < 1.29 is 13.9 Å². The molecular weight excluding hydrogens is 254 g/mol. The van der Waals surface area contributed by atoms with Gasteiger partial charge in [0.05, 0.1) is 6.61 Å². The zero-order chi connectivity index (χ0) is 10.7. The lowest BCUT2D eigenvalue weighted by Gasteiger charge is -2.09. The first-order valence-electron chi connectivity index (χ1n) is 4.37. The van der Waals surface area contributed by atoms with Gasteiger partial charge in [-0.2, -0.15) is 0 Å². The summed E-state index contributed by atoms with van der Waals surface area (Å²) in [5.74, 6) is -1.35. The van der Waals surface area contributed by atoms with E-state index in [-0.39, 0.29) is 5.56 Å². The summed E-state index contributed by atoms with van der Waals surface area (Å²) in [6, 6.07) is 1.19. The molecule has 0 amide bonds. The molecule has 0 aliphatic carbocycles. The summed E-state index contributed by atoms with van der Waals surface area (Å²) in [6.45, 7) is 1.30. The largest absolute Gasteiger partial charge is 0.391 e. The van der Waals surface area contributed by atoms with Crippen molar-refractivity contribution in [2.24, 2.45) is 0 Å². The first kappa shape index (κ1) is 11.6. The van der Waals surface area contributed by atoms with Crippen molar-refractivity contribution in [1.29, 1.82) is 0 Å². The summed E-state index contributed by atoms with van der Waals surface area (Å²) in [6.07, 6.45) is 1.30. The first-order valence-corrected chi connectivity index (χ1v) is 5.17. The SMILES string of the molecule is CCCc1c(Br)cc(F)c(CO)c1F. The summed E-state index contributed by atoms with van der Waals surface area (Å²) in [5, 5.41) is 8.79. The monoisotopic (exact) mass is 264 g/mol. The van der Waals surface area contributed by atoms with Gasteiger partial charge in [-0.25, -0.2) is 8.78 Å². The van der Waals surface area contributed by atoms with E-state index in [2.05, 4.69) is 15.9 Å². The van der Waals surface area contributed by atoms with Gasteiger partial charge < -0.3 is 5.11 Å². The molecule has 4 heteroatoms. The number of hydrogen-bond donors (Lipinski definition) is 1. The Hall–Kier alpha value is -0.480. The highest BCUT2D eigenvalue weighted by Gasteiger charge is 2.15. The molecule has 0 fully saturated rings. The van der Waals surface area contributed by atoms with E-state index in [1.54, 1.807) is 0 Å². The number of halogens is 3. The van der Waals surface area contributed by atoms with Gasteiger partial charge in [0, 0.05) is 15.6 Å². The lowest BCUT2D eigenvalue weighted by Crippen LogP contribution is -2.02. The predicted octanol–water partition coefficient (Wildman–Crippen LogP) is 3.17. The van der Waals surface area contributed by atoms with Crippen LogP contribution in [0.15, 0.2) is 10.5 Å². The number of hydrogen-bond acceptors (Lipinski definition) is 1. The highest BCUT2D eigenvalue weighted by atomic mass is 79.9. The van der Waals surface area contributed by atoms with Crippen molar-refractivity contribution in [1.82, 2.24) is 0 Å². The molecule has 78 valence electrons. The summed E-state index contributed by atoms with van der Waals surface area (Å²) in [7, 11) is 0. The Morgan fingerprint density at radius 2 is 2.00 bits per heavy atom. The fourth-order valence-corrected chi connectivity index (χ4v) is 1.87. The third-order valence-electron chi connectivity index (χ3n) is 2.02. The van der Waals surface area contributed by atoms with E-state index in [4.69, 9.17) is 5.11 Å². The maximum absolute atomic E-state index is 13.6. The summed E-state index contributed by atoms with van der Waals surface area (Å²) >= 11 is 3.10. The van der Waals surface area contributed by atoms with E-state index in [0.717, 1.165) is 6.42 Å². The maximum atomic E-state index is 13.6. The van der Waals surface area contributed by atoms with Crippen molar-refractivity contribution in [2.45, 2.75) is 26.4 Å². The molecule has 1 aromatic carbocycles. The molecule has 0 bridgehead atoms. The normalized spacial score (nSPS) is 10.6. The topological polar surface area (TPSA) is 20.2 Å². The zero-order valence-electron chi connectivity index (χ0n) is 7.78. The van der Waals surface area contributed by atoms with Crippen LogP contribution in [0, 0.1) is 11.6 Å². The Kier molecular flexibility index (Phi) is 4.01. The fraction of sp³-hybridized carbons (Fsp3) is 0.400. The number of aliphatic hydroxyl groups excluding tert-OH is 1. The van der Waals surface area contributed by atoms with Gasteiger partial charge in [-0.1, -0.05) is 29.3 Å². The van der Waals surface area contributed by atoms with Crippen LogP contribution in [-0.4, -0.2) is 5.11 Å². The minimum Gasteiger partial charge on any atom is -0.391 e. The van der Waals surface area contributed by atoms with Crippen LogP contribution >= 0.6 is 15.9 Å². The van der Waals surface area contributed by atoms with Crippen LogP contribution in [0.25, 0.3) is 0 Å². The quantitative estimate of drug-likeness (QED) is 0.889. The average molecular weight is 265 g/mol. The molecule has 0 heterocycles. The van der Waals surface area contributed by atoms with E-state index in [1.165, 1.54) is 6.07 Å². The average Bonchev–Trinajstić information content (AvgIpc) is 2.12. The predicted molar refractivity (Wildman–Crippen MR) is 54.0 cm³/mol. The van der Waals surface area contributed by atoms with Crippen LogP contribution in [0.5, 0.6) is 0 Å². The van der Waals surface area contributed by atoms with Gasteiger partial charge in [0.1, 0.15) is 11.6 Å². The van der Waals surface area contributed by atoms with E-state index in [0.29, 0.717) is 16.5 Å². The second-order valence-corrected chi connectivity index (χ2v) is 3.87. The number of benzene rings is 1. The van der Waals surface area contributed by atoms with Crippen molar-refractivity contribution in [3.63, 3.8) is 0 Å². The minimum atomic E-state index is -0.711. The summed E-state index contributed by atoms with van der Waals surface area (Å²) in [4.78, 5) is 0. The van der Waals surface area contributed by atoms with Gasteiger partial charge in [0.15, 0.2) is 0 Å². The molecule has 0 radical (unpaired) electrons. The molecule has 0 unspecified atom stereocenters. The van der Waals surface area contributed by atoms with Crippen LogP contribution in [0.2, 0.25) is 0 Å². The molecule has 14 heavy (non-hydrogen) atoms. The molecule has 0 aliphatic rings. The first-order chi connectivity index (χ1) is 6.61. The molecule has 0 aromatic heterocycles. The highest BCUT2D eigenvalue weighted by Crippen LogP contribution is 2.26. The molecule has 1 N–H and O–H groups in total. The number of rotatable bonds is 3. The molecule has 0 saturated carbocycles. The summed E-state index contributed by atoms with van der Waals surface area (Å²) in [5.41, 5.74) is 0.176. The maximum Gasteiger partial charge on any atom is 0.135 e. The van der Waals surface area contributed by atoms with Gasteiger partial charge in [-0.3, -0.25) is 0 Å². The standard InChI is InChI=1S/C10H11BrF2O/c1-2-3-6-8(11)4-9(12)7(5-14)10(6)13/h4,14H,2-3,5H2,1H3. The molecule has 1 nitrogen and oxygen atoms in total. The zero-order valence-corrected chi connectivity index (χ0v) is 9.37. The Morgan fingerprint density at radius 1 is 1.36 bits per heavy atom. The molecule has 0 spiro atoms. The molecular formula is C10H11BrF2O. The lowest BCUT2D eigenvalue weighted by molar-refractivity contribution is 0.268. The van der Waals surface area contributed by atoms with Gasteiger partial charge in [0.2, 0.25) is 0 Å². The Bertz CT molecular complexity index is 339. The van der Waals surface area contributed by atoms with Gasteiger partial charge in [0.25, 0.3) is 0 Å². The lowest BCUT2D eigenvalue weighted by atomic mass is 10.1. The smallest absolute Gasteiger partial charge is 0.135 e. The third kappa shape index (κ3) is 2.12. The molecule has 1 rings (SSSR count). The van der Waals surface area contributed by atoms with Crippen molar-refractivity contribution >= 4 is 15.9 Å². The van der Waals surface area contributed by atoms with E-state index < -0.39 is 18.2 Å². The highest BCUT2D eigenvalue weighted by molar-refractivity contribution is 9.10. The molecule has 0 aliphatic heterocycles. The van der Waals surface area contributed by atoms with Crippen LogP contribution in [-0.2, 0) is 13.0 Å². The van der Waals surface area contributed by atoms with Gasteiger partial charge >= 0.3 is 0 Å². The van der Waals surface area contributed by atoms with Crippen molar-refractivity contribution in [3.05, 3.63) is 33.3 Å². The number of aliphatic hydroxyl groups is 1. The summed E-state index contributed by atoms with van der Waals surface area (Å²) < 4.78 is 27.1. The second kappa shape index (κ2) is 4.84. The van der Waals surface area contributed by atoms with Gasteiger partial charge in [-0.05, 0) is 12.5 Å². The van der Waals surface area contributed by atoms with Crippen LogP contribution < -0.4 is 0 Å². The van der Waals surface area contributed by atoms with Crippen LogP contribution in [0.4, 0.5) is 8.78 Å². The van der Waals surface area contributed by atoms with Crippen molar-refractivity contribution in [2.75, 3.05) is 0 Å². The van der Waals surface area contributed by atoms with Crippen molar-refractivity contribution in [3.8, 4) is 0 Å². The van der Waals surface area contributed by atoms with E-state index in [1.807, 2.05) is 6.92 Å². The second-order valence-electron chi connectivity index (χ2n) is 3.02. The van der Waals surface area contributed by atoms with Crippen LogP contribution in [0.1, 0.15) is 24.5 Å².